The van der Waals surface area contributed by atoms with Gasteiger partial charge >= 0.3 is 6.09 Å². The van der Waals surface area contributed by atoms with Crippen LogP contribution in [0.25, 0.3) is 0 Å². The van der Waals surface area contributed by atoms with E-state index in [4.69, 9.17) is 9.47 Å². The Balaban J connectivity index is 2.22. The molecule has 0 saturated carbocycles. The fourth-order valence-corrected chi connectivity index (χ4v) is 1.90. The van der Waals surface area contributed by atoms with Gasteiger partial charge in [0.25, 0.3) is 0 Å². The van der Waals surface area contributed by atoms with Crippen LogP contribution in [0, 0.1) is 0 Å². The predicted molar refractivity (Wildman–Crippen MR) is 70.7 cm³/mol. The maximum absolute atomic E-state index is 11.8. The van der Waals surface area contributed by atoms with Crippen molar-refractivity contribution in [3.63, 3.8) is 0 Å². The second-order valence-electron chi connectivity index (χ2n) is 5.56. The molecule has 0 aliphatic carbocycles. The van der Waals surface area contributed by atoms with Crippen LogP contribution in [0.4, 0.5) is 4.79 Å². The average molecular weight is 258 g/mol. The Hall–Kier alpha value is -0.810. The molecule has 1 saturated heterocycles. The molecule has 1 unspecified atom stereocenters. The number of rotatable bonds is 5. The fourth-order valence-electron chi connectivity index (χ4n) is 1.90. The number of nitrogens with zero attached hydrogens (tertiary/aromatic N) is 1. The van der Waals surface area contributed by atoms with Crippen molar-refractivity contribution in [2.24, 2.45) is 0 Å². The van der Waals surface area contributed by atoms with E-state index in [9.17, 15) is 4.79 Å². The van der Waals surface area contributed by atoms with Crippen LogP contribution in [0.1, 0.15) is 34.1 Å². The zero-order valence-corrected chi connectivity index (χ0v) is 12.0. The van der Waals surface area contributed by atoms with E-state index in [0.717, 1.165) is 39.3 Å². The van der Waals surface area contributed by atoms with Crippen molar-refractivity contribution >= 4 is 6.09 Å². The van der Waals surface area contributed by atoms with E-state index in [0.29, 0.717) is 6.04 Å². The van der Waals surface area contributed by atoms with Crippen molar-refractivity contribution in [1.82, 2.24) is 10.2 Å². The first-order chi connectivity index (χ1) is 8.42. The molecular formula is C13H26N2O3. The standard InChI is InChI=1S/C13H26N2O3/c1-5-17-9-7-14-11-6-8-15(10-11)12(16)18-13(2,3)4/h11,14H,5-10H2,1-4H3. The van der Waals surface area contributed by atoms with Gasteiger partial charge in [0.15, 0.2) is 0 Å². The molecule has 1 N–H and O–H groups in total. The highest BCUT2D eigenvalue weighted by atomic mass is 16.6. The molecule has 0 spiro atoms. The van der Waals surface area contributed by atoms with Crippen LogP contribution in [0.5, 0.6) is 0 Å². The molecule has 0 radical (unpaired) electrons. The predicted octanol–water partition coefficient (Wildman–Crippen LogP) is 1.62. The van der Waals surface area contributed by atoms with Gasteiger partial charge in [-0.05, 0) is 34.1 Å². The molecular weight excluding hydrogens is 232 g/mol. The lowest BCUT2D eigenvalue weighted by Gasteiger charge is -2.24. The molecule has 0 aromatic heterocycles. The summed E-state index contributed by atoms with van der Waals surface area (Å²) in [6, 6.07) is 0.359. The molecule has 5 heteroatoms. The number of amides is 1. The Kier molecular flexibility index (Phi) is 5.88. The molecule has 0 aromatic rings. The summed E-state index contributed by atoms with van der Waals surface area (Å²) < 4.78 is 10.6. The van der Waals surface area contributed by atoms with E-state index in [1.54, 1.807) is 4.90 Å². The number of likely N-dealkylation sites (tertiary alicyclic amines) is 1. The van der Waals surface area contributed by atoms with E-state index in [2.05, 4.69) is 5.32 Å². The Morgan fingerprint density at radius 2 is 2.17 bits per heavy atom. The first-order valence-corrected chi connectivity index (χ1v) is 6.71. The van der Waals surface area contributed by atoms with Crippen LogP contribution >= 0.6 is 0 Å². The van der Waals surface area contributed by atoms with Crippen LogP contribution < -0.4 is 5.32 Å². The summed E-state index contributed by atoms with van der Waals surface area (Å²) >= 11 is 0. The van der Waals surface area contributed by atoms with E-state index < -0.39 is 5.60 Å². The smallest absolute Gasteiger partial charge is 0.410 e. The molecule has 106 valence electrons. The lowest BCUT2D eigenvalue weighted by molar-refractivity contribution is 0.0290. The zero-order chi connectivity index (χ0) is 13.6. The molecule has 1 fully saturated rings. The monoisotopic (exact) mass is 258 g/mol. The highest BCUT2D eigenvalue weighted by molar-refractivity contribution is 5.68. The molecule has 5 nitrogen and oxygen atoms in total. The third-order valence-electron chi connectivity index (χ3n) is 2.72. The Bertz CT molecular complexity index is 263. The van der Waals surface area contributed by atoms with Crippen LogP contribution in [-0.2, 0) is 9.47 Å². The van der Waals surface area contributed by atoms with E-state index in [1.165, 1.54) is 0 Å². The highest BCUT2D eigenvalue weighted by Gasteiger charge is 2.29. The molecule has 1 aliphatic heterocycles. The number of ether oxygens (including phenoxy) is 2. The topological polar surface area (TPSA) is 50.8 Å². The summed E-state index contributed by atoms with van der Waals surface area (Å²) in [5, 5.41) is 3.39. The Morgan fingerprint density at radius 3 is 2.78 bits per heavy atom. The van der Waals surface area contributed by atoms with E-state index in [1.807, 2.05) is 27.7 Å². The minimum atomic E-state index is -0.419. The van der Waals surface area contributed by atoms with Crippen LogP contribution in [0.3, 0.4) is 0 Å². The average Bonchev–Trinajstić information content (AvgIpc) is 2.71. The SMILES string of the molecule is CCOCCNC1CCN(C(=O)OC(C)(C)C)C1. The number of carbonyl (C=O) groups is 1. The molecule has 0 aromatic carbocycles. The fraction of sp³-hybridized carbons (Fsp3) is 0.923. The van der Waals surface area contributed by atoms with Gasteiger partial charge in [0.1, 0.15) is 5.60 Å². The summed E-state index contributed by atoms with van der Waals surface area (Å²) in [5.41, 5.74) is -0.419. The normalized spacial score (nSPS) is 20.2. The van der Waals surface area contributed by atoms with E-state index in [-0.39, 0.29) is 6.09 Å². The zero-order valence-electron chi connectivity index (χ0n) is 12.0. The number of carbonyl (C=O) groups excluding carboxylic acids is 1. The third-order valence-corrected chi connectivity index (χ3v) is 2.72. The maximum atomic E-state index is 11.8. The van der Waals surface area contributed by atoms with Gasteiger partial charge in [-0.3, -0.25) is 0 Å². The van der Waals surface area contributed by atoms with Gasteiger partial charge in [0.05, 0.1) is 6.61 Å². The minimum Gasteiger partial charge on any atom is -0.444 e. The lowest BCUT2D eigenvalue weighted by atomic mass is 10.2. The number of hydrogen-bond donors (Lipinski definition) is 1. The maximum Gasteiger partial charge on any atom is 0.410 e. The second-order valence-corrected chi connectivity index (χ2v) is 5.56. The third kappa shape index (κ3) is 5.69. The van der Waals surface area contributed by atoms with Gasteiger partial charge < -0.3 is 19.7 Å². The van der Waals surface area contributed by atoms with Crippen molar-refractivity contribution < 1.29 is 14.3 Å². The van der Waals surface area contributed by atoms with Crippen molar-refractivity contribution in [2.75, 3.05) is 32.8 Å². The second kappa shape index (κ2) is 6.95. The molecule has 0 bridgehead atoms. The largest absolute Gasteiger partial charge is 0.444 e. The Morgan fingerprint density at radius 1 is 1.44 bits per heavy atom. The van der Waals surface area contributed by atoms with Crippen LogP contribution in [0.2, 0.25) is 0 Å². The number of hydrogen-bond acceptors (Lipinski definition) is 4. The molecule has 1 heterocycles. The Labute approximate surface area is 110 Å². The summed E-state index contributed by atoms with van der Waals surface area (Å²) in [6.07, 6.45) is 0.766. The highest BCUT2D eigenvalue weighted by Crippen LogP contribution is 2.15. The van der Waals surface area contributed by atoms with Crippen molar-refractivity contribution in [2.45, 2.75) is 45.8 Å². The molecule has 1 rings (SSSR count). The summed E-state index contributed by atoms with van der Waals surface area (Å²) in [4.78, 5) is 13.6. The first-order valence-electron chi connectivity index (χ1n) is 6.71. The molecule has 1 aliphatic rings. The summed E-state index contributed by atoms with van der Waals surface area (Å²) in [6.45, 7) is 11.4. The van der Waals surface area contributed by atoms with Gasteiger partial charge in [-0.15, -0.1) is 0 Å². The van der Waals surface area contributed by atoms with Crippen molar-refractivity contribution in [1.29, 1.82) is 0 Å². The molecule has 1 amide bonds. The first kappa shape index (κ1) is 15.2. The van der Waals surface area contributed by atoms with Gasteiger partial charge in [-0.2, -0.15) is 0 Å². The van der Waals surface area contributed by atoms with Crippen molar-refractivity contribution in [3.8, 4) is 0 Å². The van der Waals surface area contributed by atoms with Crippen LogP contribution in [-0.4, -0.2) is 55.5 Å². The summed E-state index contributed by atoms with van der Waals surface area (Å²) in [5.74, 6) is 0. The van der Waals surface area contributed by atoms with Crippen molar-refractivity contribution in [3.05, 3.63) is 0 Å². The van der Waals surface area contributed by atoms with Gasteiger partial charge in [-0.1, -0.05) is 0 Å². The molecule has 1 atom stereocenters. The van der Waals surface area contributed by atoms with Crippen LogP contribution in [0.15, 0.2) is 0 Å². The summed E-state index contributed by atoms with van der Waals surface area (Å²) in [7, 11) is 0. The van der Waals surface area contributed by atoms with E-state index >= 15 is 0 Å². The number of nitrogens with one attached hydrogen (secondary N) is 1. The van der Waals surface area contributed by atoms with Gasteiger partial charge in [0.2, 0.25) is 0 Å². The quantitative estimate of drug-likeness (QED) is 0.761. The lowest BCUT2D eigenvalue weighted by Crippen LogP contribution is -2.39. The molecule has 18 heavy (non-hydrogen) atoms. The van der Waals surface area contributed by atoms with Gasteiger partial charge in [0, 0.05) is 32.3 Å². The van der Waals surface area contributed by atoms with Gasteiger partial charge in [-0.25, -0.2) is 4.79 Å². The minimum absolute atomic E-state index is 0.211.